The van der Waals surface area contributed by atoms with Gasteiger partial charge in [-0.2, -0.15) is 0 Å². The standard InChI is InChI=1S/C6H9N3O2S/c1-11-9-12-4-5(2-3-10)8-6(12)7/h3-4H,2H2,1H3,(H2,7,8). The molecular formula is C6H9N3O2S. The van der Waals surface area contributed by atoms with Gasteiger partial charge >= 0.3 is 0 Å². The lowest BCUT2D eigenvalue weighted by atomic mass is 10.4. The van der Waals surface area contributed by atoms with Gasteiger partial charge in [-0.25, -0.2) is 9.83 Å². The van der Waals surface area contributed by atoms with Crippen LogP contribution in [-0.2, 0) is 20.3 Å². The van der Waals surface area contributed by atoms with Crippen LogP contribution in [0, 0.1) is 0 Å². The van der Waals surface area contributed by atoms with Gasteiger partial charge in [0.2, 0.25) is 0 Å². The maximum Gasteiger partial charge on any atom is 0.176 e. The highest BCUT2D eigenvalue weighted by molar-refractivity contribution is 8.05. The molecule has 0 radical (unpaired) electrons. The van der Waals surface area contributed by atoms with Crippen molar-refractivity contribution in [1.29, 1.82) is 0 Å². The van der Waals surface area contributed by atoms with E-state index in [0.717, 1.165) is 6.29 Å². The Bertz CT molecular complexity index is 283. The average molecular weight is 187 g/mol. The lowest BCUT2D eigenvalue weighted by Crippen LogP contribution is -2.13. The van der Waals surface area contributed by atoms with E-state index in [4.69, 9.17) is 5.73 Å². The van der Waals surface area contributed by atoms with Gasteiger partial charge in [-0.1, -0.05) is 4.53 Å². The van der Waals surface area contributed by atoms with Gasteiger partial charge in [0.05, 0.1) is 12.8 Å². The first kappa shape index (κ1) is 9.08. The zero-order chi connectivity index (χ0) is 8.97. The minimum Gasteiger partial charge on any atom is -0.377 e. The van der Waals surface area contributed by atoms with Crippen molar-refractivity contribution in [3.05, 3.63) is 11.1 Å². The quantitative estimate of drug-likeness (QED) is 0.503. The van der Waals surface area contributed by atoms with Crippen molar-refractivity contribution in [2.24, 2.45) is 15.3 Å². The van der Waals surface area contributed by atoms with E-state index in [1.54, 1.807) is 5.41 Å². The lowest BCUT2D eigenvalue weighted by molar-refractivity contribution is -0.107. The molecule has 66 valence electrons. The van der Waals surface area contributed by atoms with Gasteiger partial charge in [0, 0.05) is 22.5 Å². The van der Waals surface area contributed by atoms with E-state index < -0.39 is 10.7 Å². The number of aliphatic imine (C=N–C) groups is 1. The van der Waals surface area contributed by atoms with Gasteiger partial charge in [0.25, 0.3) is 0 Å². The van der Waals surface area contributed by atoms with Gasteiger partial charge in [-0.05, 0) is 0 Å². The number of hydrogen-bond donors (Lipinski definition) is 1. The van der Waals surface area contributed by atoms with Crippen LogP contribution in [0.25, 0.3) is 0 Å². The summed E-state index contributed by atoms with van der Waals surface area (Å²) in [5, 5.41) is 2.13. The molecule has 0 aromatic rings. The molecular weight excluding hydrogens is 178 g/mol. The van der Waals surface area contributed by atoms with Crippen molar-refractivity contribution in [2.75, 3.05) is 7.11 Å². The molecule has 1 aliphatic heterocycles. The smallest absolute Gasteiger partial charge is 0.176 e. The Labute approximate surface area is 72.4 Å². The first-order valence-corrected chi connectivity index (χ1v) is 4.48. The van der Waals surface area contributed by atoms with Crippen molar-refractivity contribution in [2.45, 2.75) is 6.42 Å². The Balaban J connectivity index is 2.78. The van der Waals surface area contributed by atoms with Gasteiger partial charge in [-0.15, -0.1) is 0 Å². The number of carbonyl (C=O) groups excluding carboxylic acids is 1. The Hall–Kier alpha value is -1.01. The lowest BCUT2D eigenvalue weighted by Gasteiger charge is -1.91. The average Bonchev–Trinajstić information content (AvgIpc) is 2.34. The monoisotopic (exact) mass is 187 g/mol. The zero-order valence-electron chi connectivity index (χ0n) is 6.56. The van der Waals surface area contributed by atoms with Gasteiger partial charge in [0.1, 0.15) is 6.29 Å². The molecule has 2 N–H and O–H groups in total. The van der Waals surface area contributed by atoms with Crippen LogP contribution in [0.5, 0.6) is 0 Å². The summed E-state index contributed by atoms with van der Waals surface area (Å²) in [7, 11) is 0.856. The Kier molecular flexibility index (Phi) is 3.12. The fourth-order valence-corrected chi connectivity index (χ4v) is 1.74. The second-order valence-corrected chi connectivity index (χ2v) is 3.43. The number of aldehydes is 1. The molecule has 0 spiro atoms. The highest BCUT2D eigenvalue weighted by Crippen LogP contribution is 2.12. The second-order valence-electron chi connectivity index (χ2n) is 2.00. The number of hydrogen-bond acceptors (Lipinski definition) is 5. The maximum atomic E-state index is 10.1. The summed E-state index contributed by atoms with van der Waals surface area (Å²) in [5.41, 5.74) is 6.17. The number of carbonyl (C=O) groups is 1. The summed E-state index contributed by atoms with van der Waals surface area (Å²) in [4.78, 5) is 18.6. The van der Waals surface area contributed by atoms with E-state index in [2.05, 4.69) is 14.4 Å². The molecule has 0 saturated heterocycles. The van der Waals surface area contributed by atoms with Crippen LogP contribution >= 0.6 is 0 Å². The highest BCUT2D eigenvalue weighted by Gasteiger charge is 2.10. The van der Waals surface area contributed by atoms with Crippen molar-refractivity contribution < 1.29 is 9.63 Å². The van der Waals surface area contributed by atoms with Crippen molar-refractivity contribution in [1.82, 2.24) is 0 Å². The number of nitrogens with zero attached hydrogens (tertiary/aromatic N) is 2. The van der Waals surface area contributed by atoms with Crippen molar-refractivity contribution >= 4 is 22.1 Å². The molecule has 0 aromatic heterocycles. The minimum atomic E-state index is -0.594. The first-order chi connectivity index (χ1) is 5.77. The van der Waals surface area contributed by atoms with Crippen molar-refractivity contribution in [3.8, 4) is 0 Å². The predicted octanol–water partition coefficient (Wildman–Crippen LogP) is 0.108. The number of amidine groups is 1. The van der Waals surface area contributed by atoms with Gasteiger partial charge in [-0.3, -0.25) is 0 Å². The molecule has 0 aliphatic carbocycles. The van der Waals surface area contributed by atoms with Gasteiger partial charge < -0.3 is 10.5 Å². The molecule has 6 heteroatoms. The minimum absolute atomic E-state index is 0.281. The SMILES string of the molecule is CO/N=S1/C=C(CC=O)N=C1N. The van der Waals surface area contributed by atoms with Crippen molar-refractivity contribution in [3.63, 3.8) is 0 Å². The Morgan fingerprint density at radius 2 is 2.67 bits per heavy atom. The number of rotatable bonds is 3. The predicted molar refractivity (Wildman–Crippen MR) is 47.2 cm³/mol. The van der Waals surface area contributed by atoms with Crippen LogP contribution in [0.2, 0.25) is 0 Å². The fraction of sp³-hybridized carbons (Fsp3) is 0.333. The van der Waals surface area contributed by atoms with E-state index in [-0.39, 0.29) is 6.42 Å². The number of nitrogens with two attached hydrogens (primary N) is 1. The third-order valence-corrected chi connectivity index (χ3v) is 2.49. The molecule has 1 aliphatic rings. The topological polar surface area (TPSA) is 77.0 Å². The largest absolute Gasteiger partial charge is 0.377 e. The molecule has 0 fully saturated rings. The second kappa shape index (κ2) is 4.13. The highest BCUT2D eigenvalue weighted by atomic mass is 32.2. The Morgan fingerprint density at radius 1 is 1.92 bits per heavy atom. The summed E-state index contributed by atoms with van der Waals surface area (Å²) >= 11 is 0. The molecule has 1 unspecified atom stereocenters. The summed E-state index contributed by atoms with van der Waals surface area (Å²) < 4.78 is 3.72. The van der Waals surface area contributed by atoms with E-state index >= 15 is 0 Å². The number of allylic oxidation sites excluding steroid dienone is 1. The fourth-order valence-electron chi connectivity index (χ4n) is 0.723. The van der Waals surface area contributed by atoms with E-state index in [1.807, 2.05) is 0 Å². The van der Waals surface area contributed by atoms with E-state index in [9.17, 15) is 4.79 Å². The Morgan fingerprint density at radius 3 is 3.25 bits per heavy atom. The third kappa shape index (κ3) is 1.99. The van der Waals surface area contributed by atoms with Crippen LogP contribution in [0.1, 0.15) is 6.42 Å². The van der Waals surface area contributed by atoms with Crippen LogP contribution in [0.4, 0.5) is 0 Å². The van der Waals surface area contributed by atoms with Gasteiger partial charge in [0.15, 0.2) is 5.17 Å². The molecule has 1 heterocycles. The molecule has 5 nitrogen and oxygen atoms in total. The molecule has 1 atom stereocenters. The molecule has 1 rings (SSSR count). The zero-order valence-corrected chi connectivity index (χ0v) is 7.37. The third-order valence-electron chi connectivity index (χ3n) is 1.16. The van der Waals surface area contributed by atoms with Crippen LogP contribution in [0.15, 0.2) is 20.6 Å². The molecule has 0 saturated carbocycles. The first-order valence-electron chi connectivity index (χ1n) is 3.24. The molecule has 0 aromatic carbocycles. The molecule has 0 bridgehead atoms. The van der Waals surface area contributed by atoms with E-state index in [1.165, 1.54) is 7.11 Å². The maximum absolute atomic E-state index is 10.1. The molecule has 12 heavy (non-hydrogen) atoms. The van der Waals surface area contributed by atoms with E-state index in [0.29, 0.717) is 10.9 Å². The summed E-state index contributed by atoms with van der Waals surface area (Å²) in [6, 6.07) is 0. The van der Waals surface area contributed by atoms with Crippen LogP contribution in [-0.4, -0.2) is 18.6 Å². The summed E-state index contributed by atoms with van der Waals surface area (Å²) in [6.45, 7) is 0. The normalized spacial score (nSPS) is 22.2. The van der Waals surface area contributed by atoms with Crippen LogP contribution in [0.3, 0.4) is 0 Å². The summed E-state index contributed by atoms with van der Waals surface area (Å²) in [6.07, 6.45) is 1.06. The molecule has 0 amide bonds. The van der Waals surface area contributed by atoms with Crippen LogP contribution < -0.4 is 5.73 Å². The summed E-state index contributed by atoms with van der Waals surface area (Å²) in [5.74, 6) is 0.